The number of anilines is 1. The second kappa shape index (κ2) is 6.42. The molecule has 0 aliphatic heterocycles. The third-order valence-corrected chi connectivity index (χ3v) is 5.60. The molecule has 1 amide bonds. The highest BCUT2D eigenvalue weighted by Gasteiger charge is 2.28. The van der Waals surface area contributed by atoms with Crippen molar-refractivity contribution in [1.29, 1.82) is 0 Å². The summed E-state index contributed by atoms with van der Waals surface area (Å²) in [6, 6.07) is 7.90. The zero-order valence-corrected chi connectivity index (χ0v) is 14.8. The third-order valence-electron chi connectivity index (χ3n) is 4.40. The molecule has 2 heterocycles. The van der Waals surface area contributed by atoms with Gasteiger partial charge in [0.25, 0.3) is 5.91 Å². The van der Waals surface area contributed by atoms with Gasteiger partial charge in [0, 0.05) is 10.9 Å². The van der Waals surface area contributed by atoms with Crippen molar-refractivity contribution in [3.63, 3.8) is 0 Å². The zero-order chi connectivity index (χ0) is 18.3. The summed E-state index contributed by atoms with van der Waals surface area (Å²) in [6.07, 6.45) is 2.65. The quantitative estimate of drug-likeness (QED) is 0.715. The highest BCUT2D eigenvalue weighted by molar-refractivity contribution is 7.17. The second-order valence-corrected chi connectivity index (χ2v) is 7.08. The van der Waals surface area contributed by atoms with Gasteiger partial charge >= 0.3 is 5.97 Å². The van der Waals surface area contributed by atoms with Gasteiger partial charge in [-0.3, -0.25) is 9.59 Å². The predicted molar refractivity (Wildman–Crippen MR) is 98.1 cm³/mol. The second-order valence-electron chi connectivity index (χ2n) is 5.98. The van der Waals surface area contributed by atoms with E-state index >= 15 is 0 Å². The van der Waals surface area contributed by atoms with Crippen molar-refractivity contribution in [3.05, 3.63) is 62.3 Å². The van der Waals surface area contributed by atoms with Crippen LogP contribution in [0.25, 0.3) is 11.0 Å². The van der Waals surface area contributed by atoms with E-state index in [1.807, 2.05) is 0 Å². The third kappa shape index (κ3) is 2.70. The van der Waals surface area contributed by atoms with E-state index in [9.17, 15) is 14.4 Å². The number of amides is 1. The van der Waals surface area contributed by atoms with Crippen LogP contribution in [0.3, 0.4) is 0 Å². The molecule has 0 saturated heterocycles. The Balaban J connectivity index is 1.71. The van der Waals surface area contributed by atoms with E-state index in [4.69, 9.17) is 9.15 Å². The first-order valence-corrected chi connectivity index (χ1v) is 8.97. The predicted octanol–water partition coefficient (Wildman–Crippen LogP) is 3.38. The number of ether oxygens (including phenoxy) is 1. The number of benzene rings is 1. The number of esters is 1. The van der Waals surface area contributed by atoms with Gasteiger partial charge in [0.15, 0.2) is 11.2 Å². The molecule has 7 heteroatoms. The Morgan fingerprint density at radius 2 is 2.04 bits per heavy atom. The maximum atomic E-state index is 12.6. The van der Waals surface area contributed by atoms with Crippen LogP contribution >= 0.6 is 11.3 Å². The van der Waals surface area contributed by atoms with E-state index in [0.717, 1.165) is 35.8 Å². The normalized spacial score (nSPS) is 12.8. The Labute approximate surface area is 152 Å². The fourth-order valence-electron chi connectivity index (χ4n) is 3.19. The minimum Gasteiger partial charge on any atom is -0.465 e. The molecule has 6 nitrogen and oxygen atoms in total. The van der Waals surface area contributed by atoms with Gasteiger partial charge < -0.3 is 14.5 Å². The standard InChI is InChI=1S/C19H15NO5S/c1-24-19(23)16-11-6-4-8-15(11)26-18(16)20-17(22)14-9-12(21)10-5-2-3-7-13(10)25-14/h2-3,5,7,9H,4,6,8H2,1H3,(H,20,22). The molecule has 1 aliphatic rings. The Hall–Kier alpha value is -2.93. The molecule has 0 spiro atoms. The summed E-state index contributed by atoms with van der Waals surface area (Å²) in [7, 11) is 1.31. The average Bonchev–Trinajstić information content (AvgIpc) is 3.21. The molecule has 0 fully saturated rings. The molecule has 26 heavy (non-hydrogen) atoms. The van der Waals surface area contributed by atoms with Crippen molar-refractivity contribution < 1.29 is 18.7 Å². The van der Waals surface area contributed by atoms with Crippen LogP contribution in [-0.4, -0.2) is 19.0 Å². The van der Waals surface area contributed by atoms with Gasteiger partial charge in [-0.25, -0.2) is 4.79 Å². The Bertz CT molecular complexity index is 1090. The van der Waals surface area contributed by atoms with Crippen LogP contribution in [0.2, 0.25) is 0 Å². The van der Waals surface area contributed by atoms with E-state index in [1.54, 1.807) is 24.3 Å². The van der Waals surface area contributed by atoms with Gasteiger partial charge in [0.2, 0.25) is 0 Å². The van der Waals surface area contributed by atoms with Crippen LogP contribution in [0, 0.1) is 0 Å². The van der Waals surface area contributed by atoms with E-state index < -0.39 is 11.9 Å². The molecule has 2 aromatic heterocycles. The fraction of sp³-hybridized carbons (Fsp3) is 0.211. The number of carbonyl (C=O) groups is 2. The van der Waals surface area contributed by atoms with Crippen molar-refractivity contribution in [2.24, 2.45) is 0 Å². The summed E-state index contributed by atoms with van der Waals surface area (Å²) in [6.45, 7) is 0. The minimum atomic E-state index is -0.571. The highest BCUT2D eigenvalue weighted by Crippen LogP contribution is 2.39. The molecule has 0 radical (unpaired) electrons. The molecule has 132 valence electrons. The summed E-state index contributed by atoms with van der Waals surface area (Å²) >= 11 is 1.37. The fourth-order valence-corrected chi connectivity index (χ4v) is 4.46. The lowest BCUT2D eigenvalue weighted by Gasteiger charge is -2.07. The maximum Gasteiger partial charge on any atom is 0.341 e. The number of hydrogen-bond donors (Lipinski definition) is 1. The molecular weight excluding hydrogens is 354 g/mol. The highest BCUT2D eigenvalue weighted by atomic mass is 32.1. The van der Waals surface area contributed by atoms with Gasteiger partial charge in [0.05, 0.1) is 18.1 Å². The van der Waals surface area contributed by atoms with Crippen molar-refractivity contribution in [3.8, 4) is 0 Å². The number of rotatable bonds is 3. The van der Waals surface area contributed by atoms with Gasteiger partial charge in [0.1, 0.15) is 10.6 Å². The van der Waals surface area contributed by atoms with E-state index in [1.165, 1.54) is 18.4 Å². The number of fused-ring (bicyclic) bond motifs is 2. The SMILES string of the molecule is COC(=O)c1c(NC(=O)c2cc(=O)c3ccccc3o2)sc2c1CCC2. The molecule has 1 N–H and O–H groups in total. The number of nitrogens with one attached hydrogen (secondary N) is 1. The van der Waals surface area contributed by atoms with Crippen LogP contribution in [0.1, 0.15) is 37.8 Å². The van der Waals surface area contributed by atoms with Crippen molar-refractivity contribution in [2.75, 3.05) is 12.4 Å². The number of para-hydroxylation sites is 1. The first kappa shape index (κ1) is 16.5. The van der Waals surface area contributed by atoms with Gasteiger partial charge in [-0.15, -0.1) is 11.3 Å². The molecule has 0 atom stereocenters. The van der Waals surface area contributed by atoms with Crippen molar-refractivity contribution in [1.82, 2.24) is 0 Å². The molecule has 3 aromatic rings. The van der Waals surface area contributed by atoms with Crippen LogP contribution in [0.5, 0.6) is 0 Å². The Kier molecular flexibility index (Phi) is 4.08. The zero-order valence-electron chi connectivity index (χ0n) is 14.0. The lowest BCUT2D eigenvalue weighted by molar-refractivity contribution is 0.0601. The molecule has 1 aliphatic carbocycles. The average molecular weight is 369 g/mol. The monoisotopic (exact) mass is 369 g/mol. The van der Waals surface area contributed by atoms with Gasteiger partial charge in [-0.1, -0.05) is 12.1 Å². The molecular formula is C19H15NO5S. The van der Waals surface area contributed by atoms with Gasteiger partial charge in [-0.05, 0) is 37.0 Å². The number of methoxy groups -OCH3 is 1. The van der Waals surface area contributed by atoms with Crippen molar-refractivity contribution in [2.45, 2.75) is 19.3 Å². The molecule has 0 saturated carbocycles. The van der Waals surface area contributed by atoms with Crippen LogP contribution in [0.15, 0.2) is 39.5 Å². The summed E-state index contributed by atoms with van der Waals surface area (Å²) < 4.78 is 10.4. The molecule has 1 aromatic carbocycles. The minimum absolute atomic E-state index is 0.0990. The van der Waals surface area contributed by atoms with Crippen LogP contribution in [0.4, 0.5) is 5.00 Å². The van der Waals surface area contributed by atoms with Crippen molar-refractivity contribution >= 4 is 39.2 Å². The van der Waals surface area contributed by atoms with Crippen LogP contribution in [-0.2, 0) is 17.6 Å². The number of thiophene rings is 1. The first-order chi connectivity index (χ1) is 12.6. The Morgan fingerprint density at radius 3 is 2.85 bits per heavy atom. The lowest BCUT2D eigenvalue weighted by Crippen LogP contribution is -2.16. The van der Waals surface area contributed by atoms with Gasteiger partial charge in [-0.2, -0.15) is 0 Å². The van der Waals surface area contributed by atoms with E-state index in [0.29, 0.717) is 21.5 Å². The summed E-state index contributed by atoms with van der Waals surface area (Å²) in [4.78, 5) is 38.0. The Morgan fingerprint density at radius 1 is 1.23 bits per heavy atom. The topological polar surface area (TPSA) is 85.6 Å². The summed E-state index contributed by atoms with van der Waals surface area (Å²) in [5, 5.41) is 3.55. The molecule has 0 bridgehead atoms. The smallest absolute Gasteiger partial charge is 0.341 e. The summed E-state index contributed by atoms with van der Waals surface area (Å²) in [5.74, 6) is -1.14. The lowest BCUT2D eigenvalue weighted by atomic mass is 10.1. The molecule has 0 unspecified atom stereocenters. The number of hydrogen-bond acceptors (Lipinski definition) is 6. The molecule has 4 rings (SSSR count). The number of carbonyl (C=O) groups excluding carboxylic acids is 2. The number of aryl methyl sites for hydroxylation is 1. The largest absolute Gasteiger partial charge is 0.465 e. The van der Waals surface area contributed by atoms with E-state index in [2.05, 4.69) is 5.32 Å². The maximum absolute atomic E-state index is 12.6. The first-order valence-electron chi connectivity index (χ1n) is 8.15. The van der Waals surface area contributed by atoms with Crippen LogP contribution < -0.4 is 10.7 Å². The van der Waals surface area contributed by atoms with E-state index in [-0.39, 0.29) is 11.2 Å². The summed E-state index contributed by atoms with van der Waals surface area (Å²) in [5.41, 5.74) is 1.39.